The van der Waals surface area contributed by atoms with Gasteiger partial charge in [0.1, 0.15) is 11.3 Å². The molecule has 5 heteroatoms. The second-order valence-corrected chi connectivity index (χ2v) is 6.56. The van der Waals surface area contributed by atoms with Crippen molar-refractivity contribution in [3.8, 4) is 0 Å². The molecule has 0 unspecified atom stereocenters. The van der Waals surface area contributed by atoms with Crippen LogP contribution in [0, 0.1) is 5.82 Å². The number of nitrogens with zero attached hydrogens (tertiary/aromatic N) is 1. The molecule has 4 nitrogen and oxygen atoms in total. The Bertz CT molecular complexity index is 911. The summed E-state index contributed by atoms with van der Waals surface area (Å²) in [5.41, 5.74) is 1.42. The lowest BCUT2D eigenvalue weighted by Crippen LogP contribution is -2.26. The van der Waals surface area contributed by atoms with Gasteiger partial charge < -0.3 is 14.5 Å². The van der Waals surface area contributed by atoms with Crippen LogP contribution in [0.5, 0.6) is 0 Å². The van der Waals surface area contributed by atoms with Crippen molar-refractivity contribution < 1.29 is 9.50 Å². The zero-order valence-electron chi connectivity index (χ0n) is 14.4. The highest BCUT2D eigenvalue weighted by atomic mass is 19.1. The first-order valence-electron chi connectivity index (χ1n) is 8.64. The number of fused-ring (bicyclic) bond motifs is 1. The van der Waals surface area contributed by atoms with E-state index in [1.54, 1.807) is 12.3 Å². The molecule has 1 aliphatic rings. The highest BCUT2D eigenvalue weighted by molar-refractivity contribution is 5.72. The molecule has 132 valence electrons. The first-order valence-corrected chi connectivity index (χ1v) is 8.64. The Morgan fingerprint density at radius 1 is 1.40 bits per heavy atom. The molecule has 1 saturated carbocycles. The topological polar surface area (TPSA) is 57.5 Å². The fourth-order valence-corrected chi connectivity index (χ4v) is 3.58. The number of aromatic nitrogens is 2. The molecule has 0 saturated heterocycles. The summed E-state index contributed by atoms with van der Waals surface area (Å²) in [7, 11) is 0. The summed E-state index contributed by atoms with van der Waals surface area (Å²) in [5, 5.41) is 10.8. The lowest BCUT2D eigenvalue weighted by molar-refractivity contribution is 0.0833. The second kappa shape index (κ2) is 6.84. The molecule has 2 N–H and O–H groups in total. The summed E-state index contributed by atoms with van der Waals surface area (Å²) in [5.74, 6) is -0.455. The monoisotopic (exact) mass is 342 g/mol. The standard InChI is InChI=1S/C20H23FN2O2/c1-3-14(7-8-15(4-2)20(25)9-5-6-10-20)17-13-23-12-16(21)11-18(23)19(24)22-17/h3,7-8,11-13,25H,1,4-6,9-10H2,2H3,(H,22,24). The van der Waals surface area contributed by atoms with E-state index in [2.05, 4.69) is 11.6 Å². The fraction of sp³-hybridized carbons (Fsp3) is 0.350. The van der Waals surface area contributed by atoms with Crippen molar-refractivity contribution in [2.24, 2.45) is 0 Å². The van der Waals surface area contributed by atoms with Crippen molar-refractivity contribution >= 4 is 11.1 Å². The molecule has 2 aromatic rings. The number of hydrogen-bond acceptors (Lipinski definition) is 2. The minimum Gasteiger partial charge on any atom is -0.386 e. The molecule has 0 aromatic carbocycles. The molecule has 0 radical (unpaired) electrons. The Morgan fingerprint density at radius 2 is 2.12 bits per heavy atom. The van der Waals surface area contributed by atoms with E-state index in [0.29, 0.717) is 11.3 Å². The Balaban J connectivity index is 2.01. The number of aliphatic hydroxyl groups is 1. The first-order chi connectivity index (χ1) is 12.0. The summed E-state index contributed by atoms with van der Waals surface area (Å²) in [6, 6.07) is 1.20. The first kappa shape index (κ1) is 17.4. The van der Waals surface area contributed by atoms with Gasteiger partial charge in [-0.3, -0.25) is 4.79 Å². The number of hydrogen-bond donors (Lipinski definition) is 2. The zero-order chi connectivity index (χ0) is 18.0. The minimum atomic E-state index is -0.724. The van der Waals surface area contributed by atoms with Crippen molar-refractivity contribution in [1.29, 1.82) is 0 Å². The minimum absolute atomic E-state index is 0.259. The third-order valence-electron chi connectivity index (χ3n) is 4.97. The van der Waals surface area contributed by atoms with Gasteiger partial charge in [-0.1, -0.05) is 44.6 Å². The normalized spacial score (nSPS) is 18.0. The smallest absolute Gasteiger partial charge is 0.272 e. The maximum atomic E-state index is 13.4. The fourth-order valence-electron chi connectivity index (χ4n) is 3.58. The number of allylic oxidation sites excluding steroid dienone is 4. The Hall–Kier alpha value is -2.40. The molecular weight excluding hydrogens is 319 g/mol. The van der Waals surface area contributed by atoms with Gasteiger partial charge in [-0.25, -0.2) is 4.39 Å². The molecule has 0 atom stereocenters. The second-order valence-electron chi connectivity index (χ2n) is 6.56. The van der Waals surface area contributed by atoms with Crippen LogP contribution < -0.4 is 5.56 Å². The van der Waals surface area contributed by atoms with Gasteiger partial charge in [0.2, 0.25) is 0 Å². The number of rotatable bonds is 5. The lowest BCUT2D eigenvalue weighted by atomic mass is 9.89. The summed E-state index contributed by atoms with van der Waals surface area (Å²) < 4.78 is 14.9. The predicted molar refractivity (Wildman–Crippen MR) is 97.9 cm³/mol. The van der Waals surface area contributed by atoms with E-state index in [-0.39, 0.29) is 11.1 Å². The molecule has 0 bridgehead atoms. The molecule has 1 fully saturated rings. The lowest BCUT2D eigenvalue weighted by Gasteiger charge is -2.25. The maximum absolute atomic E-state index is 13.4. The number of aromatic amines is 1. The van der Waals surface area contributed by atoms with Gasteiger partial charge in [0, 0.05) is 18.5 Å². The molecule has 2 heterocycles. The average Bonchev–Trinajstić information content (AvgIpc) is 3.18. The van der Waals surface area contributed by atoms with Crippen LogP contribution in [0.15, 0.2) is 53.6 Å². The third kappa shape index (κ3) is 3.37. The molecule has 0 amide bonds. The Morgan fingerprint density at radius 3 is 2.76 bits per heavy atom. The van der Waals surface area contributed by atoms with Gasteiger partial charge in [-0.05, 0) is 30.4 Å². The van der Waals surface area contributed by atoms with Crippen molar-refractivity contribution in [2.45, 2.75) is 44.6 Å². The van der Waals surface area contributed by atoms with Gasteiger partial charge in [-0.15, -0.1) is 0 Å². The summed E-state index contributed by atoms with van der Waals surface area (Å²) >= 11 is 0. The molecule has 3 rings (SSSR count). The van der Waals surface area contributed by atoms with Crippen LogP contribution in [0.2, 0.25) is 0 Å². The quantitative estimate of drug-likeness (QED) is 0.808. The zero-order valence-corrected chi connectivity index (χ0v) is 14.4. The van der Waals surface area contributed by atoms with Gasteiger partial charge in [0.15, 0.2) is 0 Å². The van der Waals surface area contributed by atoms with E-state index >= 15 is 0 Å². The maximum Gasteiger partial charge on any atom is 0.272 e. The van der Waals surface area contributed by atoms with E-state index in [0.717, 1.165) is 37.7 Å². The molecular formula is C20H23FN2O2. The number of halogens is 1. The van der Waals surface area contributed by atoms with Crippen molar-refractivity contribution in [3.05, 3.63) is 70.7 Å². The highest BCUT2D eigenvalue weighted by Gasteiger charge is 2.33. The van der Waals surface area contributed by atoms with Crippen LogP contribution in [-0.2, 0) is 0 Å². The van der Waals surface area contributed by atoms with Crippen molar-refractivity contribution in [1.82, 2.24) is 9.38 Å². The number of nitrogens with one attached hydrogen (secondary N) is 1. The van der Waals surface area contributed by atoms with Crippen LogP contribution in [-0.4, -0.2) is 20.1 Å². The SMILES string of the molecule is C=CC(=CC=C(CC)C1(O)CCCC1)c1cn2cc(F)cc2c(=O)[nH]1. The van der Waals surface area contributed by atoms with E-state index in [4.69, 9.17) is 0 Å². The summed E-state index contributed by atoms with van der Waals surface area (Å²) in [6.45, 7) is 5.83. The van der Waals surface area contributed by atoms with E-state index in [1.165, 1.54) is 16.7 Å². The van der Waals surface area contributed by atoms with Crippen LogP contribution in [0.25, 0.3) is 11.1 Å². The third-order valence-corrected chi connectivity index (χ3v) is 4.97. The predicted octanol–water partition coefficient (Wildman–Crippen LogP) is 3.98. The molecule has 2 aromatic heterocycles. The van der Waals surface area contributed by atoms with Crippen LogP contribution >= 0.6 is 0 Å². The van der Waals surface area contributed by atoms with Crippen LogP contribution in [0.3, 0.4) is 0 Å². The van der Waals surface area contributed by atoms with E-state index in [1.807, 2.05) is 19.1 Å². The highest BCUT2D eigenvalue weighted by Crippen LogP contribution is 2.37. The molecule has 0 spiro atoms. The van der Waals surface area contributed by atoms with Crippen molar-refractivity contribution in [3.63, 3.8) is 0 Å². The molecule has 25 heavy (non-hydrogen) atoms. The van der Waals surface area contributed by atoms with Gasteiger partial charge >= 0.3 is 0 Å². The summed E-state index contributed by atoms with van der Waals surface area (Å²) in [6.07, 6.45) is 12.7. The van der Waals surface area contributed by atoms with Gasteiger partial charge in [0.25, 0.3) is 5.56 Å². The Kier molecular flexibility index (Phi) is 4.77. The van der Waals surface area contributed by atoms with E-state index < -0.39 is 11.4 Å². The van der Waals surface area contributed by atoms with Crippen LogP contribution in [0.4, 0.5) is 4.39 Å². The average molecular weight is 342 g/mol. The van der Waals surface area contributed by atoms with Crippen LogP contribution in [0.1, 0.15) is 44.7 Å². The largest absolute Gasteiger partial charge is 0.386 e. The molecule has 1 aliphatic carbocycles. The van der Waals surface area contributed by atoms with E-state index in [9.17, 15) is 14.3 Å². The Labute approximate surface area is 146 Å². The van der Waals surface area contributed by atoms with Gasteiger partial charge in [0.05, 0.1) is 11.3 Å². The number of H-pyrrole nitrogens is 1. The summed E-state index contributed by atoms with van der Waals surface area (Å²) in [4.78, 5) is 14.9. The van der Waals surface area contributed by atoms with Gasteiger partial charge in [-0.2, -0.15) is 0 Å². The van der Waals surface area contributed by atoms with Crippen molar-refractivity contribution in [2.75, 3.05) is 0 Å². The molecule has 0 aliphatic heterocycles.